The van der Waals surface area contributed by atoms with E-state index in [0.29, 0.717) is 12.1 Å². The average molecular weight is 327 g/mol. The molecule has 0 saturated carbocycles. The number of benzene rings is 1. The summed E-state index contributed by atoms with van der Waals surface area (Å²) in [6.45, 7) is 0. The molecule has 0 aliphatic heterocycles. The Labute approximate surface area is 135 Å². The number of anilines is 1. The second-order valence-electron chi connectivity index (χ2n) is 4.76. The Hall–Kier alpha value is -3.00. The normalized spacial score (nSPS) is 11.6. The molecule has 4 N–H and O–H groups in total. The number of allylic oxidation sites excluding steroid dienone is 1. The molecule has 0 atom stereocenters. The fourth-order valence-electron chi connectivity index (χ4n) is 1.91. The number of nitrogens with two attached hydrogens (primary N) is 1. The van der Waals surface area contributed by atoms with Crippen LogP contribution in [0, 0.1) is 0 Å². The van der Waals surface area contributed by atoms with Gasteiger partial charge in [0, 0.05) is 23.6 Å². The number of rotatable bonds is 5. The second kappa shape index (κ2) is 6.41. The highest BCUT2D eigenvalue weighted by Gasteiger charge is 2.12. The van der Waals surface area contributed by atoms with Crippen molar-refractivity contribution >= 4 is 28.6 Å². The Balaban J connectivity index is 1.72. The molecule has 0 aliphatic rings. The first kappa shape index (κ1) is 14.9. The monoisotopic (exact) mass is 327 g/mol. The van der Waals surface area contributed by atoms with Crippen LogP contribution in [-0.4, -0.2) is 31.1 Å². The molecule has 3 rings (SSSR count). The highest BCUT2D eigenvalue weighted by Crippen LogP contribution is 2.17. The highest BCUT2D eigenvalue weighted by atomic mass is 32.1. The van der Waals surface area contributed by atoms with E-state index < -0.39 is 5.78 Å². The number of carbonyl (C=O) groups excluding carboxylic acids is 1. The van der Waals surface area contributed by atoms with Gasteiger partial charge in [-0.25, -0.2) is 9.97 Å². The number of hydrogen-bond donors (Lipinski definition) is 3. The number of thiazole rings is 1. The van der Waals surface area contributed by atoms with Crippen LogP contribution in [0.3, 0.4) is 0 Å². The quantitative estimate of drug-likeness (QED) is 0.286. The number of nitrogens with zero attached hydrogens (tertiary/aromatic N) is 3. The van der Waals surface area contributed by atoms with Gasteiger partial charge in [0.1, 0.15) is 12.0 Å². The number of carbonyl (C=O) groups is 1. The Bertz CT molecular complexity index is 837. The molecule has 2 aromatic heterocycles. The van der Waals surface area contributed by atoms with Gasteiger partial charge in [0.05, 0.1) is 5.01 Å². The van der Waals surface area contributed by atoms with Gasteiger partial charge < -0.3 is 10.8 Å². The number of nitrogens with one attached hydrogen (secondary N) is 1. The Morgan fingerprint density at radius 1 is 1.35 bits per heavy atom. The van der Waals surface area contributed by atoms with Crippen molar-refractivity contribution in [2.24, 2.45) is 0 Å². The van der Waals surface area contributed by atoms with Crippen LogP contribution < -0.4 is 5.73 Å². The lowest BCUT2D eigenvalue weighted by atomic mass is 10.1. The van der Waals surface area contributed by atoms with Gasteiger partial charge in [-0.3, -0.25) is 9.89 Å². The standard InChI is InChI=1S/C15H13N5O2S/c16-10-3-1-9(2-4-10)5-14-19-11(7-23-14)12(21)6-13(22)15-17-8-18-20-15/h1-4,6-8,22H,5,16H2,(H,17,18,20). The summed E-state index contributed by atoms with van der Waals surface area (Å²) in [5, 5.41) is 18.4. The first-order valence-electron chi connectivity index (χ1n) is 6.72. The number of aliphatic hydroxyl groups is 1. The minimum atomic E-state index is -0.396. The van der Waals surface area contributed by atoms with E-state index in [4.69, 9.17) is 5.73 Å². The fourth-order valence-corrected chi connectivity index (χ4v) is 2.73. The summed E-state index contributed by atoms with van der Waals surface area (Å²) in [5.74, 6) is -0.632. The smallest absolute Gasteiger partial charge is 0.215 e. The molecule has 0 unspecified atom stereocenters. The van der Waals surface area contributed by atoms with Crippen molar-refractivity contribution in [3.63, 3.8) is 0 Å². The van der Waals surface area contributed by atoms with Gasteiger partial charge in [0.25, 0.3) is 0 Å². The minimum absolute atomic E-state index is 0.0654. The molecule has 23 heavy (non-hydrogen) atoms. The van der Waals surface area contributed by atoms with Crippen molar-refractivity contribution in [1.29, 1.82) is 0 Å². The van der Waals surface area contributed by atoms with Gasteiger partial charge in [0.2, 0.25) is 11.6 Å². The van der Waals surface area contributed by atoms with E-state index in [2.05, 4.69) is 20.2 Å². The van der Waals surface area contributed by atoms with Crippen molar-refractivity contribution in [3.8, 4) is 0 Å². The van der Waals surface area contributed by atoms with E-state index in [9.17, 15) is 9.90 Å². The second-order valence-corrected chi connectivity index (χ2v) is 5.70. The number of aromatic amines is 1. The molecule has 0 spiro atoms. The van der Waals surface area contributed by atoms with Gasteiger partial charge in [-0.15, -0.1) is 11.3 Å². The number of hydrogen-bond acceptors (Lipinski definition) is 7. The summed E-state index contributed by atoms with van der Waals surface area (Å²) < 4.78 is 0. The predicted octanol–water partition coefficient (Wildman–Crippen LogP) is 2.22. The number of aromatic nitrogens is 4. The average Bonchev–Trinajstić information content (AvgIpc) is 3.21. The first-order valence-corrected chi connectivity index (χ1v) is 7.60. The van der Waals surface area contributed by atoms with Gasteiger partial charge in [0.15, 0.2) is 5.76 Å². The van der Waals surface area contributed by atoms with Crippen molar-refractivity contribution in [2.75, 3.05) is 5.73 Å². The van der Waals surface area contributed by atoms with E-state index in [-0.39, 0.29) is 17.3 Å². The van der Waals surface area contributed by atoms with E-state index in [1.54, 1.807) is 5.38 Å². The number of H-pyrrole nitrogens is 1. The van der Waals surface area contributed by atoms with E-state index in [0.717, 1.165) is 16.6 Å². The molecule has 1 aromatic carbocycles. The topological polar surface area (TPSA) is 118 Å². The maximum atomic E-state index is 12.1. The fraction of sp³-hybridized carbons (Fsp3) is 0.0667. The number of aliphatic hydroxyl groups excluding tert-OH is 1. The van der Waals surface area contributed by atoms with Gasteiger partial charge in [-0.2, -0.15) is 5.10 Å². The zero-order valence-electron chi connectivity index (χ0n) is 11.9. The van der Waals surface area contributed by atoms with Crippen LogP contribution in [0.5, 0.6) is 0 Å². The summed E-state index contributed by atoms with van der Waals surface area (Å²) in [4.78, 5) is 20.1. The molecular weight excluding hydrogens is 314 g/mol. The summed E-state index contributed by atoms with van der Waals surface area (Å²) in [7, 11) is 0. The predicted molar refractivity (Wildman–Crippen MR) is 87.1 cm³/mol. The van der Waals surface area contributed by atoms with Crippen molar-refractivity contribution < 1.29 is 9.90 Å². The lowest BCUT2D eigenvalue weighted by Crippen LogP contribution is -1.99. The lowest BCUT2D eigenvalue weighted by molar-refractivity contribution is 0.104. The van der Waals surface area contributed by atoms with E-state index in [1.165, 1.54) is 17.7 Å². The summed E-state index contributed by atoms with van der Waals surface area (Å²) in [6.07, 6.45) is 3.00. The maximum Gasteiger partial charge on any atom is 0.215 e. The molecule has 3 aromatic rings. The third-order valence-electron chi connectivity index (χ3n) is 3.05. The van der Waals surface area contributed by atoms with Gasteiger partial charge in [-0.1, -0.05) is 12.1 Å². The molecule has 0 radical (unpaired) electrons. The third kappa shape index (κ3) is 3.61. The van der Waals surface area contributed by atoms with Gasteiger partial charge >= 0.3 is 0 Å². The van der Waals surface area contributed by atoms with Crippen LogP contribution in [0.25, 0.3) is 5.76 Å². The molecule has 0 aliphatic carbocycles. The van der Waals surface area contributed by atoms with E-state index >= 15 is 0 Å². The van der Waals surface area contributed by atoms with Crippen LogP contribution >= 0.6 is 11.3 Å². The molecule has 0 saturated heterocycles. The van der Waals surface area contributed by atoms with Crippen LogP contribution in [0.1, 0.15) is 26.9 Å². The Kier molecular flexibility index (Phi) is 4.15. The molecule has 116 valence electrons. The molecule has 0 amide bonds. The summed E-state index contributed by atoms with van der Waals surface area (Å²) in [5.41, 5.74) is 7.70. The van der Waals surface area contributed by atoms with E-state index in [1.807, 2.05) is 24.3 Å². The lowest BCUT2D eigenvalue weighted by Gasteiger charge is -1.98. The molecular formula is C15H13N5O2S. The van der Waals surface area contributed by atoms with Crippen LogP contribution in [0.4, 0.5) is 5.69 Å². The van der Waals surface area contributed by atoms with Crippen LogP contribution in [-0.2, 0) is 6.42 Å². The Morgan fingerprint density at radius 2 is 2.13 bits per heavy atom. The highest BCUT2D eigenvalue weighted by molar-refractivity contribution is 7.09. The molecule has 7 nitrogen and oxygen atoms in total. The zero-order valence-corrected chi connectivity index (χ0v) is 12.7. The summed E-state index contributed by atoms with van der Waals surface area (Å²) >= 11 is 1.39. The number of nitrogen functional groups attached to an aromatic ring is 1. The first-order chi connectivity index (χ1) is 11.1. The third-order valence-corrected chi connectivity index (χ3v) is 3.90. The zero-order chi connectivity index (χ0) is 16.2. The number of ketones is 1. The van der Waals surface area contributed by atoms with Crippen LogP contribution in [0.15, 0.2) is 42.0 Å². The van der Waals surface area contributed by atoms with Crippen molar-refractivity contribution in [3.05, 3.63) is 64.1 Å². The largest absolute Gasteiger partial charge is 0.504 e. The SMILES string of the molecule is Nc1ccc(Cc2nc(C(=O)C=C(O)c3nc[nH]n3)cs2)cc1. The molecule has 0 fully saturated rings. The molecule has 2 heterocycles. The summed E-state index contributed by atoms with van der Waals surface area (Å²) in [6, 6.07) is 7.50. The minimum Gasteiger partial charge on any atom is -0.504 e. The Morgan fingerprint density at radius 3 is 2.83 bits per heavy atom. The van der Waals surface area contributed by atoms with Gasteiger partial charge in [-0.05, 0) is 17.7 Å². The van der Waals surface area contributed by atoms with Crippen LogP contribution in [0.2, 0.25) is 0 Å². The maximum absolute atomic E-state index is 12.1. The molecule has 0 bridgehead atoms. The van der Waals surface area contributed by atoms with Crippen molar-refractivity contribution in [1.82, 2.24) is 20.2 Å². The van der Waals surface area contributed by atoms with Crippen molar-refractivity contribution in [2.45, 2.75) is 6.42 Å². The molecule has 8 heteroatoms.